The van der Waals surface area contributed by atoms with E-state index in [1.54, 1.807) is 7.05 Å². The van der Waals surface area contributed by atoms with Crippen molar-refractivity contribution in [2.45, 2.75) is 19.3 Å². The summed E-state index contributed by atoms with van der Waals surface area (Å²) in [5.41, 5.74) is 5.54. The smallest absolute Gasteiger partial charge is 0.223 e. The van der Waals surface area contributed by atoms with Crippen molar-refractivity contribution in [1.29, 1.82) is 0 Å². The van der Waals surface area contributed by atoms with Gasteiger partial charge in [0.25, 0.3) is 0 Å². The molecule has 1 fully saturated rings. The van der Waals surface area contributed by atoms with Crippen LogP contribution >= 0.6 is 0 Å². The fourth-order valence-corrected chi connectivity index (χ4v) is 1.85. The van der Waals surface area contributed by atoms with Crippen molar-refractivity contribution < 1.29 is 4.79 Å². The third kappa shape index (κ3) is 1.71. The molecule has 0 aromatic carbocycles. The summed E-state index contributed by atoms with van der Waals surface area (Å²) < 4.78 is 0. The van der Waals surface area contributed by atoms with Gasteiger partial charge >= 0.3 is 0 Å². The molecule has 0 aromatic heterocycles. The minimum Gasteiger partial charge on any atom is -0.359 e. The quantitative estimate of drug-likeness (QED) is 0.596. The summed E-state index contributed by atoms with van der Waals surface area (Å²) in [6.07, 6.45) is 3.29. The van der Waals surface area contributed by atoms with Crippen molar-refractivity contribution in [3.8, 4) is 0 Å². The van der Waals surface area contributed by atoms with Crippen molar-refractivity contribution in [3.63, 3.8) is 0 Å². The SMILES string of the molecule is CNC(=O)C1CCCC1CN. The number of rotatable bonds is 2. The molecular formula is C8H16N2O. The first-order valence-electron chi connectivity index (χ1n) is 4.21. The molecule has 0 heterocycles. The fourth-order valence-electron chi connectivity index (χ4n) is 1.85. The standard InChI is InChI=1S/C8H16N2O/c1-10-8(11)7-4-2-3-6(7)5-9/h6-7H,2-5,9H2,1H3,(H,10,11). The molecule has 1 aliphatic rings. The van der Waals surface area contributed by atoms with E-state index < -0.39 is 0 Å². The molecule has 0 bridgehead atoms. The van der Waals surface area contributed by atoms with Gasteiger partial charge in [0, 0.05) is 13.0 Å². The highest BCUT2D eigenvalue weighted by atomic mass is 16.1. The van der Waals surface area contributed by atoms with Crippen LogP contribution in [0.1, 0.15) is 19.3 Å². The van der Waals surface area contributed by atoms with E-state index in [1.165, 1.54) is 0 Å². The Labute approximate surface area is 67.3 Å². The molecule has 2 unspecified atom stereocenters. The summed E-state index contributed by atoms with van der Waals surface area (Å²) in [6, 6.07) is 0. The van der Waals surface area contributed by atoms with Crippen LogP contribution in [0.3, 0.4) is 0 Å². The molecule has 3 nitrogen and oxygen atoms in total. The van der Waals surface area contributed by atoms with Crippen molar-refractivity contribution in [2.24, 2.45) is 17.6 Å². The molecule has 64 valence electrons. The second-order valence-corrected chi connectivity index (χ2v) is 3.15. The molecule has 1 aliphatic carbocycles. The van der Waals surface area contributed by atoms with Gasteiger partial charge in [-0.1, -0.05) is 6.42 Å². The van der Waals surface area contributed by atoms with Gasteiger partial charge in [0.05, 0.1) is 0 Å². The number of nitrogens with two attached hydrogens (primary N) is 1. The molecule has 3 heteroatoms. The lowest BCUT2D eigenvalue weighted by molar-refractivity contribution is -0.125. The van der Waals surface area contributed by atoms with E-state index in [9.17, 15) is 4.79 Å². The van der Waals surface area contributed by atoms with Crippen LogP contribution in [0.25, 0.3) is 0 Å². The van der Waals surface area contributed by atoms with Crippen LogP contribution in [0.4, 0.5) is 0 Å². The zero-order valence-corrected chi connectivity index (χ0v) is 6.97. The van der Waals surface area contributed by atoms with E-state index >= 15 is 0 Å². The van der Waals surface area contributed by atoms with Crippen LogP contribution in [0.5, 0.6) is 0 Å². The first kappa shape index (κ1) is 8.53. The maximum absolute atomic E-state index is 11.2. The molecule has 0 aromatic rings. The van der Waals surface area contributed by atoms with Crippen LogP contribution in [-0.2, 0) is 4.79 Å². The van der Waals surface area contributed by atoms with Crippen molar-refractivity contribution in [1.82, 2.24) is 5.32 Å². The number of hydrogen-bond donors (Lipinski definition) is 2. The number of amides is 1. The van der Waals surface area contributed by atoms with Crippen LogP contribution in [0.2, 0.25) is 0 Å². The highest BCUT2D eigenvalue weighted by molar-refractivity contribution is 5.78. The molecule has 3 N–H and O–H groups in total. The van der Waals surface area contributed by atoms with E-state index in [0.717, 1.165) is 19.3 Å². The minimum atomic E-state index is 0.165. The fraction of sp³-hybridized carbons (Fsp3) is 0.875. The second-order valence-electron chi connectivity index (χ2n) is 3.15. The van der Waals surface area contributed by atoms with Crippen molar-refractivity contribution >= 4 is 5.91 Å². The third-order valence-electron chi connectivity index (χ3n) is 2.54. The lowest BCUT2D eigenvalue weighted by Crippen LogP contribution is -2.32. The topological polar surface area (TPSA) is 55.1 Å². The van der Waals surface area contributed by atoms with E-state index in [4.69, 9.17) is 5.73 Å². The predicted molar refractivity (Wildman–Crippen MR) is 44.0 cm³/mol. The summed E-state index contributed by atoms with van der Waals surface area (Å²) in [4.78, 5) is 11.2. The number of hydrogen-bond acceptors (Lipinski definition) is 2. The van der Waals surface area contributed by atoms with Gasteiger partial charge in [-0.05, 0) is 25.3 Å². The number of nitrogens with one attached hydrogen (secondary N) is 1. The summed E-state index contributed by atoms with van der Waals surface area (Å²) in [5, 5.41) is 2.68. The predicted octanol–water partition coefficient (Wildman–Crippen LogP) is 0.107. The zero-order valence-electron chi connectivity index (χ0n) is 6.97. The van der Waals surface area contributed by atoms with Crippen LogP contribution in [0.15, 0.2) is 0 Å². The van der Waals surface area contributed by atoms with Gasteiger partial charge in [0.1, 0.15) is 0 Å². The molecule has 0 spiro atoms. The molecule has 0 saturated heterocycles. The van der Waals surface area contributed by atoms with Gasteiger partial charge in [-0.15, -0.1) is 0 Å². The van der Waals surface area contributed by atoms with E-state index in [1.807, 2.05) is 0 Å². The van der Waals surface area contributed by atoms with Gasteiger partial charge in [-0.3, -0.25) is 4.79 Å². The number of carbonyl (C=O) groups is 1. The maximum Gasteiger partial charge on any atom is 0.223 e. The third-order valence-corrected chi connectivity index (χ3v) is 2.54. The zero-order chi connectivity index (χ0) is 8.27. The number of carbonyl (C=O) groups excluding carboxylic acids is 1. The normalized spacial score (nSPS) is 30.4. The van der Waals surface area contributed by atoms with E-state index in [2.05, 4.69) is 5.32 Å². The molecule has 11 heavy (non-hydrogen) atoms. The summed E-state index contributed by atoms with van der Waals surface area (Å²) in [7, 11) is 1.69. The van der Waals surface area contributed by atoms with E-state index in [-0.39, 0.29) is 11.8 Å². The molecule has 1 rings (SSSR count). The lowest BCUT2D eigenvalue weighted by Gasteiger charge is -2.15. The monoisotopic (exact) mass is 156 g/mol. The van der Waals surface area contributed by atoms with Crippen molar-refractivity contribution in [2.75, 3.05) is 13.6 Å². The second kappa shape index (κ2) is 3.72. The maximum atomic E-state index is 11.2. The highest BCUT2D eigenvalue weighted by Gasteiger charge is 2.30. The summed E-state index contributed by atoms with van der Waals surface area (Å²) >= 11 is 0. The average Bonchev–Trinajstić information content (AvgIpc) is 2.50. The van der Waals surface area contributed by atoms with Gasteiger partial charge in [-0.25, -0.2) is 0 Å². The van der Waals surface area contributed by atoms with Gasteiger partial charge in [0.2, 0.25) is 5.91 Å². The Morgan fingerprint density at radius 3 is 2.91 bits per heavy atom. The first-order chi connectivity index (χ1) is 5.29. The van der Waals surface area contributed by atoms with Gasteiger partial charge in [0.15, 0.2) is 0 Å². The average molecular weight is 156 g/mol. The Morgan fingerprint density at radius 1 is 1.64 bits per heavy atom. The summed E-state index contributed by atoms with van der Waals surface area (Å²) in [6.45, 7) is 0.651. The lowest BCUT2D eigenvalue weighted by atomic mass is 9.95. The Balaban J connectivity index is 2.49. The van der Waals surface area contributed by atoms with Gasteiger partial charge < -0.3 is 11.1 Å². The molecule has 0 aliphatic heterocycles. The molecular weight excluding hydrogens is 140 g/mol. The summed E-state index contributed by atoms with van der Waals surface area (Å²) in [5.74, 6) is 0.776. The van der Waals surface area contributed by atoms with Gasteiger partial charge in [-0.2, -0.15) is 0 Å². The highest BCUT2D eigenvalue weighted by Crippen LogP contribution is 2.30. The Morgan fingerprint density at radius 2 is 2.36 bits per heavy atom. The molecule has 1 saturated carbocycles. The van der Waals surface area contributed by atoms with Crippen LogP contribution in [-0.4, -0.2) is 19.5 Å². The Kier molecular flexibility index (Phi) is 2.88. The largest absolute Gasteiger partial charge is 0.359 e. The van der Waals surface area contributed by atoms with Crippen molar-refractivity contribution in [3.05, 3.63) is 0 Å². The Bertz CT molecular complexity index is 147. The molecule has 2 atom stereocenters. The first-order valence-corrected chi connectivity index (χ1v) is 4.21. The molecule has 0 radical (unpaired) electrons. The minimum absolute atomic E-state index is 0.165. The van der Waals surface area contributed by atoms with Crippen LogP contribution < -0.4 is 11.1 Å². The molecule has 1 amide bonds. The van der Waals surface area contributed by atoms with E-state index in [0.29, 0.717) is 12.5 Å². The Hall–Kier alpha value is -0.570. The van der Waals surface area contributed by atoms with Crippen LogP contribution in [0, 0.1) is 11.8 Å².